The highest BCUT2D eigenvalue weighted by Crippen LogP contribution is 2.82. The number of methoxy groups -OCH3 is 2. The van der Waals surface area contributed by atoms with Crippen LogP contribution < -0.4 is 0 Å². The Morgan fingerprint density at radius 3 is 2.34 bits per heavy atom. The van der Waals surface area contributed by atoms with Gasteiger partial charge in [0.25, 0.3) is 0 Å². The van der Waals surface area contributed by atoms with E-state index in [9.17, 15) is 9.59 Å². The summed E-state index contributed by atoms with van der Waals surface area (Å²) in [4.78, 5) is 25.6. The lowest BCUT2D eigenvalue weighted by molar-refractivity contribution is -0.165. The van der Waals surface area contributed by atoms with Crippen LogP contribution in [0.4, 0.5) is 0 Å². The summed E-state index contributed by atoms with van der Waals surface area (Å²) < 4.78 is 11.4. The second kappa shape index (κ2) is 8.84. The number of carbonyl (C=O) groups excluding carboxylic acids is 2. The highest BCUT2D eigenvalue weighted by atomic mass is 16.5. The molecule has 1 spiro atoms. The third-order valence-electron chi connectivity index (χ3n) is 13.0. The first kappa shape index (κ1) is 25.7. The van der Waals surface area contributed by atoms with Gasteiger partial charge >= 0.3 is 5.97 Å². The molecule has 0 aromatic rings. The third kappa shape index (κ3) is 3.40. The van der Waals surface area contributed by atoms with Crippen LogP contribution in [0.25, 0.3) is 0 Å². The zero-order valence-corrected chi connectivity index (χ0v) is 23.4. The fraction of sp³-hybridized carbons (Fsp3) is 0.935. The van der Waals surface area contributed by atoms with Crippen LogP contribution in [0.2, 0.25) is 0 Å². The second-order valence-corrected chi connectivity index (χ2v) is 13.9. The maximum Gasteiger partial charge on any atom is 0.316 e. The van der Waals surface area contributed by atoms with Crippen molar-refractivity contribution in [1.29, 1.82) is 0 Å². The van der Waals surface area contributed by atoms with Crippen LogP contribution in [0.3, 0.4) is 0 Å². The van der Waals surface area contributed by atoms with E-state index < -0.39 is 5.92 Å². The van der Waals surface area contributed by atoms with Gasteiger partial charge in [0.2, 0.25) is 0 Å². The van der Waals surface area contributed by atoms with E-state index in [1.165, 1.54) is 64.9 Å². The molecule has 0 bridgehead atoms. The summed E-state index contributed by atoms with van der Waals surface area (Å²) in [7, 11) is 3.39. The van der Waals surface area contributed by atoms with E-state index in [4.69, 9.17) is 9.47 Å². The molecule has 11 atom stereocenters. The van der Waals surface area contributed by atoms with Crippen LogP contribution in [-0.4, -0.2) is 32.1 Å². The van der Waals surface area contributed by atoms with Crippen LogP contribution in [0, 0.1) is 63.6 Å². The maximum absolute atomic E-state index is 12.9. The van der Waals surface area contributed by atoms with Crippen molar-refractivity contribution in [3.63, 3.8) is 0 Å². The number of Topliss-reactive ketones (excluding diaryl/α,β-unsaturated/α-hetero) is 1. The topological polar surface area (TPSA) is 52.6 Å². The highest BCUT2D eigenvalue weighted by molar-refractivity contribution is 5.99. The quantitative estimate of drug-likeness (QED) is 0.283. The van der Waals surface area contributed by atoms with E-state index in [2.05, 4.69) is 20.8 Å². The summed E-state index contributed by atoms with van der Waals surface area (Å²) >= 11 is 0. The largest absolute Gasteiger partial charge is 0.468 e. The molecule has 0 aliphatic heterocycles. The minimum Gasteiger partial charge on any atom is -0.468 e. The average molecular weight is 487 g/mol. The summed E-state index contributed by atoms with van der Waals surface area (Å²) in [6.45, 7) is 11.2. The molecular weight excluding hydrogens is 436 g/mol. The van der Waals surface area contributed by atoms with Crippen molar-refractivity contribution in [2.75, 3.05) is 14.2 Å². The lowest BCUT2D eigenvalue weighted by Gasteiger charge is -2.61. The summed E-state index contributed by atoms with van der Waals surface area (Å²) in [5.74, 6) is 3.20. The van der Waals surface area contributed by atoms with Crippen molar-refractivity contribution in [2.24, 2.45) is 63.6 Å². The maximum atomic E-state index is 12.9. The van der Waals surface area contributed by atoms with Crippen LogP contribution >= 0.6 is 0 Å². The number of ketones is 1. The number of hydrogen-bond donors (Lipinski definition) is 0. The Morgan fingerprint density at radius 1 is 1.00 bits per heavy atom. The van der Waals surface area contributed by atoms with Gasteiger partial charge in [-0.3, -0.25) is 9.59 Å². The molecule has 5 saturated carbocycles. The highest BCUT2D eigenvalue weighted by Gasteiger charge is 2.77. The molecule has 5 rings (SSSR count). The first-order valence-electron chi connectivity index (χ1n) is 14.8. The van der Waals surface area contributed by atoms with E-state index in [1.807, 2.05) is 21.0 Å². The van der Waals surface area contributed by atoms with Crippen LogP contribution in [-0.2, 0) is 19.1 Å². The van der Waals surface area contributed by atoms with Crippen LogP contribution in [0.1, 0.15) is 98.8 Å². The van der Waals surface area contributed by atoms with Gasteiger partial charge in [-0.25, -0.2) is 0 Å². The predicted molar refractivity (Wildman–Crippen MR) is 138 cm³/mol. The number of rotatable bonds is 8. The van der Waals surface area contributed by atoms with E-state index in [1.54, 1.807) is 0 Å². The molecule has 0 radical (unpaired) electrons. The summed E-state index contributed by atoms with van der Waals surface area (Å²) in [5.41, 5.74) is 1.29. The number of carbonyl (C=O) groups is 2. The van der Waals surface area contributed by atoms with Crippen molar-refractivity contribution in [1.82, 2.24) is 0 Å². The Labute approximate surface area is 213 Å². The molecule has 35 heavy (non-hydrogen) atoms. The molecule has 198 valence electrons. The monoisotopic (exact) mass is 486 g/mol. The smallest absolute Gasteiger partial charge is 0.316 e. The number of hydrogen-bond acceptors (Lipinski definition) is 4. The number of ether oxygens (including phenoxy) is 2. The van der Waals surface area contributed by atoms with Gasteiger partial charge in [0.15, 0.2) is 0 Å². The standard InChI is InChI=1S/C31H50O4/c1-8-30-14-12-24-21(16-26(34-6)31-17-20(31)11-13-29(24,31)5)25(30)10-9-23(30)19(4)15-22(28(33)35-7)27(32)18(2)3/h18-26H,8-17H2,1-7H3/t19-,20-,21-,22?,23?,24+,25+,26-,29-,30-,31?/m1/s1. The fourth-order valence-corrected chi connectivity index (χ4v) is 11.4. The summed E-state index contributed by atoms with van der Waals surface area (Å²) in [6.07, 6.45) is 13.1. The molecule has 5 aliphatic rings. The molecule has 0 heterocycles. The van der Waals surface area contributed by atoms with Crippen molar-refractivity contribution in [3.8, 4) is 0 Å². The lowest BCUT2D eigenvalue weighted by atomic mass is 9.44. The Kier molecular flexibility index (Phi) is 6.50. The second-order valence-electron chi connectivity index (χ2n) is 13.9. The zero-order valence-electron chi connectivity index (χ0n) is 23.4. The Morgan fingerprint density at radius 2 is 1.74 bits per heavy atom. The molecule has 0 N–H and O–H groups in total. The van der Waals surface area contributed by atoms with Crippen molar-refractivity contribution in [2.45, 2.75) is 105 Å². The average Bonchev–Trinajstić information content (AvgIpc) is 3.32. The van der Waals surface area contributed by atoms with Gasteiger partial charge in [-0.15, -0.1) is 0 Å². The number of esters is 1. The van der Waals surface area contributed by atoms with Gasteiger partial charge in [-0.05, 0) is 111 Å². The van der Waals surface area contributed by atoms with E-state index in [-0.39, 0.29) is 17.7 Å². The van der Waals surface area contributed by atoms with Crippen molar-refractivity contribution >= 4 is 11.8 Å². The normalized spacial score (nSPS) is 47.3. The van der Waals surface area contributed by atoms with Gasteiger partial charge in [0.05, 0.1) is 13.2 Å². The van der Waals surface area contributed by atoms with Crippen molar-refractivity contribution < 1.29 is 19.1 Å². The van der Waals surface area contributed by atoms with Crippen LogP contribution in [0.5, 0.6) is 0 Å². The Bertz CT molecular complexity index is 851. The zero-order chi connectivity index (χ0) is 25.3. The minimum absolute atomic E-state index is 0.0427. The Balaban J connectivity index is 1.40. The fourth-order valence-electron chi connectivity index (χ4n) is 11.4. The Hall–Kier alpha value is -0.900. The molecule has 0 aromatic heterocycles. The molecule has 4 heteroatoms. The minimum atomic E-state index is -0.615. The molecule has 0 saturated heterocycles. The van der Waals surface area contributed by atoms with Gasteiger partial charge in [0, 0.05) is 18.4 Å². The number of fused-ring (bicyclic) bond motifs is 4. The summed E-state index contributed by atoms with van der Waals surface area (Å²) in [5, 5.41) is 0. The predicted octanol–water partition coefficient (Wildman–Crippen LogP) is 6.70. The first-order valence-corrected chi connectivity index (χ1v) is 14.8. The molecule has 5 aliphatic carbocycles. The van der Waals surface area contributed by atoms with Gasteiger partial charge in [-0.2, -0.15) is 0 Å². The third-order valence-corrected chi connectivity index (χ3v) is 13.0. The molecule has 5 fully saturated rings. The molecule has 3 unspecified atom stereocenters. The SMILES string of the molecule is CC[C@]12CC[C@H]3[C@@H](C[C@@H](OC)C45C[C@H]4CC[C@]35C)[C@@H]1CCC2[C@H](C)CC(C(=O)OC)C(=O)C(C)C. The van der Waals surface area contributed by atoms with Gasteiger partial charge in [0.1, 0.15) is 11.7 Å². The van der Waals surface area contributed by atoms with Crippen LogP contribution in [0.15, 0.2) is 0 Å². The van der Waals surface area contributed by atoms with Gasteiger partial charge < -0.3 is 9.47 Å². The van der Waals surface area contributed by atoms with Gasteiger partial charge in [-0.1, -0.05) is 34.6 Å². The van der Waals surface area contributed by atoms with E-state index in [0.29, 0.717) is 40.6 Å². The van der Waals surface area contributed by atoms with E-state index >= 15 is 0 Å². The molecule has 0 amide bonds. The van der Waals surface area contributed by atoms with Crippen molar-refractivity contribution in [3.05, 3.63) is 0 Å². The van der Waals surface area contributed by atoms with E-state index in [0.717, 1.165) is 23.7 Å². The lowest BCUT2D eigenvalue weighted by Crippen LogP contribution is -2.57. The summed E-state index contributed by atoms with van der Waals surface area (Å²) in [6, 6.07) is 0. The first-order chi connectivity index (χ1) is 16.6. The molecule has 0 aromatic carbocycles. The molecule has 4 nitrogen and oxygen atoms in total. The molecular formula is C31H50O4.